The number of fused-ring (bicyclic) bond motifs is 1. The highest BCUT2D eigenvalue weighted by atomic mass is 32.2. The second kappa shape index (κ2) is 5.64. The number of nitrogens with one attached hydrogen (secondary N) is 1. The Morgan fingerprint density at radius 3 is 2.57 bits per heavy atom. The van der Waals surface area contributed by atoms with Gasteiger partial charge in [-0.3, -0.25) is 9.59 Å². The maximum Gasteiger partial charge on any atom is 0.327 e. The molecule has 0 aromatic rings. The normalized spacial score (nSPS) is 34.0. The van der Waals surface area contributed by atoms with Crippen molar-refractivity contribution in [1.82, 2.24) is 10.2 Å². The summed E-state index contributed by atoms with van der Waals surface area (Å²) < 4.78 is 10.0. The van der Waals surface area contributed by atoms with Gasteiger partial charge in [0.05, 0.1) is 19.1 Å². The molecule has 1 unspecified atom stereocenters. The lowest BCUT2D eigenvalue weighted by atomic mass is 9.95. The fourth-order valence-electron chi connectivity index (χ4n) is 3.22. The van der Waals surface area contributed by atoms with Crippen LogP contribution in [0.3, 0.4) is 0 Å². The van der Waals surface area contributed by atoms with E-state index in [4.69, 9.17) is 9.47 Å². The molecule has 4 atom stereocenters. The molecule has 0 radical (unpaired) electrons. The fourth-order valence-corrected chi connectivity index (χ4v) is 4.84. The number of carbonyl (C=O) groups is 3. The van der Waals surface area contributed by atoms with Gasteiger partial charge in [-0.15, -0.1) is 11.8 Å². The first-order valence-corrected chi connectivity index (χ1v) is 8.38. The number of aliphatic carboxylic acids is 1. The largest absolute Gasteiger partial charge is 0.480 e. The Balaban J connectivity index is 1.66. The van der Waals surface area contributed by atoms with Gasteiger partial charge in [0.25, 0.3) is 0 Å². The quantitative estimate of drug-likeness (QED) is 0.670. The van der Waals surface area contributed by atoms with Crippen LogP contribution in [0.4, 0.5) is 0 Å². The van der Waals surface area contributed by atoms with Gasteiger partial charge in [-0.05, 0) is 20.8 Å². The van der Waals surface area contributed by atoms with Gasteiger partial charge in [0.2, 0.25) is 11.8 Å². The van der Waals surface area contributed by atoms with Crippen LogP contribution < -0.4 is 5.32 Å². The van der Waals surface area contributed by atoms with Gasteiger partial charge in [-0.1, -0.05) is 0 Å². The summed E-state index contributed by atoms with van der Waals surface area (Å²) in [6.07, 6.45) is -0.597. The van der Waals surface area contributed by atoms with Gasteiger partial charge < -0.3 is 24.8 Å². The number of rotatable bonds is 4. The molecule has 3 heterocycles. The zero-order valence-corrected chi connectivity index (χ0v) is 14.0. The SMILES string of the molecule is CC(C(=O)N[C@@H]1C(=O)N2[C@@H]1SC(C)(C)[C@@H]2C(=O)O)C1OCCO1. The molecular weight excluding hydrogens is 324 g/mol. The molecule has 0 aromatic carbocycles. The Labute approximate surface area is 137 Å². The molecule has 128 valence electrons. The summed E-state index contributed by atoms with van der Waals surface area (Å²) in [5.74, 6) is -2.24. The molecule has 3 saturated heterocycles. The number of hydrogen-bond donors (Lipinski definition) is 2. The van der Waals surface area contributed by atoms with Crippen LogP contribution in [0, 0.1) is 5.92 Å². The maximum absolute atomic E-state index is 12.3. The van der Waals surface area contributed by atoms with Crippen LogP contribution in [0.15, 0.2) is 0 Å². The number of ether oxygens (including phenoxy) is 2. The van der Waals surface area contributed by atoms with Crippen molar-refractivity contribution in [1.29, 1.82) is 0 Å². The molecule has 2 amide bonds. The Hall–Kier alpha value is -1.32. The number of thioether (sulfide) groups is 1. The molecule has 2 N–H and O–H groups in total. The molecule has 23 heavy (non-hydrogen) atoms. The van der Waals surface area contributed by atoms with E-state index in [1.165, 1.54) is 16.7 Å². The zero-order valence-electron chi connectivity index (χ0n) is 13.1. The second-order valence-electron chi connectivity index (χ2n) is 6.48. The highest BCUT2D eigenvalue weighted by molar-refractivity contribution is 8.01. The van der Waals surface area contributed by atoms with Crippen molar-refractivity contribution in [3.05, 3.63) is 0 Å². The van der Waals surface area contributed by atoms with Crippen LogP contribution in [0.25, 0.3) is 0 Å². The average molecular weight is 344 g/mol. The average Bonchev–Trinajstić information content (AvgIpc) is 3.08. The minimum Gasteiger partial charge on any atom is -0.480 e. The monoisotopic (exact) mass is 344 g/mol. The van der Waals surface area contributed by atoms with Crippen molar-refractivity contribution in [2.45, 2.75) is 49.3 Å². The van der Waals surface area contributed by atoms with E-state index in [-0.39, 0.29) is 17.2 Å². The standard InChI is InChI=1S/C14H20N2O6S/c1-6(13-21-4-5-22-13)9(17)15-7-10(18)16-8(12(19)20)14(2,3)23-11(7)16/h6-8,11,13H,4-5H2,1-3H3,(H,15,17)(H,19,20)/t6?,7-,8+,11-/m1/s1. The summed E-state index contributed by atoms with van der Waals surface area (Å²) in [4.78, 5) is 37.4. The van der Waals surface area contributed by atoms with Crippen molar-refractivity contribution in [2.75, 3.05) is 13.2 Å². The van der Waals surface area contributed by atoms with E-state index in [1.807, 2.05) is 0 Å². The summed E-state index contributed by atoms with van der Waals surface area (Å²) in [5.41, 5.74) is 0. The third-order valence-corrected chi connectivity index (χ3v) is 6.01. The van der Waals surface area contributed by atoms with Crippen LogP contribution in [0.5, 0.6) is 0 Å². The van der Waals surface area contributed by atoms with E-state index in [0.717, 1.165) is 0 Å². The number of carboxylic acids is 1. The van der Waals surface area contributed by atoms with E-state index in [2.05, 4.69) is 5.32 Å². The van der Waals surface area contributed by atoms with E-state index in [9.17, 15) is 19.5 Å². The molecule has 3 aliphatic rings. The number of amides is 2. The summed E-state index contributed by atoms with van der Waals surface area (Å²) in [6.45, 7) is 6.17. The zero-order chi connectivity index (χ0) is 16.9. The highest BCUT2D eigenvalue weighted by Crippen LogP contribution is 2.50. The smallest absolute Gasteiger partial charge is 0.327 e. The predicted octanol–water partition coefficient (Wildman–Crippen LogP) is -0.373. The third kappa shape index (κ3) is 2.60. The lowest BCUT2D eigenvalue weighted by Gasteiger charge is -2.44. The first-order chi connectivity index (χ1) is 10.7. The first-order valence-electron chi connectivity index (χ1n) is 7.50. The molecular formula is C14H20N2O6S. The second-order valence-corrected chi connectivity index (χ2v) is 8.25. The molecule has 9 heteroatoms. The van der Waals surface area contributed by atoms with Gasteiger partial charge in [0, 0.05) is 4.75 Å². The Morgan fingerprint density at radius 1 is 1.39 bits per heavy atom. The lowest BCUT2D eigenvalue weighted by molar-refractivity contribution is -0.162. The number of carboxylic acid groups (broad SMARTS) is 1. The van der Waals surface area contributed by atoms with Crippen LogP contribution in [0.1, 0.15) is 20.8 Å². The number of carbonyl (C=O) groups excluding carboxylic acids is 2. The van der Waals surface area contributed by atoms with E-state index < -0.39 is 35.0 Å². The van der Waals surface area contributed by atoms with Crippen molar-refractivity contribution in [3.8, 4) is 0 Å². The van der Waals surface area contributed by atoms with Gasteiger partial charge >= 0.3 is 5.97 Å². The number of β-lactam (4-membered cyclic amide) rings is 1. The van der Waals surface area contributed by atoms with Gasteiger partial charge in [0.1, 0.15) is 17.5 Å². The van der Waals surface area contributed by atoms with Crippen molar-refractivity contribution in [3.63, 3.8) is 0 Å². The van der Waals surface area contributed by atoms with Crippen LogP contribution >= 0.6 is 11.8 Å². The van der Waals surface area contributed by atoms with Gasteiger partial charge in [-0.2, -0.15) is 0 Å². The molecule has 8 nitrogen and oxygen atoms in total. The van der Waals surface area contributed by atoms with E-state index in [1.54, 1.807) is 20.8 Å². The van der Waals surface area contributed by atoms with Gasteiger partial charge in [-0.25, -0.2) is 4.79 Å². The molecule has 0 spiro atoms. The lowest BCUT2D eigenvalue weighted by Crippen LogP contribution is -2.71. The number of hydrogen-bond acceptors (Lipinski definition) is 6. The maximum atomic E-state index is 12.3. The van der Waals surface area contributed by atoms with Crippen LogP contribution in [0.2, 0.25) is 0 Å². The summed E-state index contributed by atoms with van der Waals surface area (Å²) in [5, 5.41) is 11.7. The third-order valence-electron chi connectivity index (χ3n) is 4.44. The molecule has 3 aliphatic heterocycles. The highest BCUT2D eigenvalue weighted by Gasteiger charge is 2.64. The molecule has 3 fully saturated rings. The molecule has 0 aliphatic carbocycles. The van der Waals surface area contributed by atoms with Crippen molar-refractivity contribution >= 4 is 29.5 Å². The van der Waals surface area contributed by atoms with E-state index >= 15 is 0 Å². The molecule has 0 bridgehead atoms. The Bertz CT molecular complexity index is 547. The summed E-state index contributed by atoms with van der Waals surface area (Å²) in [6, 6.07) is -1.57. The number of nitrogens with zero attached hydrogens (tertiary/aromatic N) is 1. The minimum absolute atomic E-state index is 0.327. The topological polar surface area (TPSA) is 105 Å². The molecule has 3 rings (SSSR count). The Morgan fingerprint density at radius 2 is 2.00 bits per heavy atom. The van der Waals surface area contributed by atoms with Crippen LogP contribution in [-0.2, 0) is 23.9 Å². The molecule has 0 aromatic heterocycles. The predicted molar refractivity (Wildman–Crippen MR) is 80.5 cm³/mol. The summed E-state index contributed by atoms with van der Waals surface area (Å²) in [7, 11) is 0. The van der Waals surface area contributed by atoms with E-state index in [0.29, 0.717) is 13.2 Å². The fraction of sp³-hybridized carbons (Fsp3) is 0.786. The van der Waals surface area contributed by atoms with Crippen molar-refractivity contribution in [2.24, 2.45) is 5.92 Å². The molecule has 0 saturated carbocycles. The van der Waals surface area contributed by atoms with Gasteiger partial charge in [0.15, 0.2) is 6.29 Å². The van der Waals surface area contributed by atoms with Crippen molar-refractivity contribution < 1.29 is 29.0 Å². The summed E-state index contributed by atoms with van der Waals surface area (Å²) >= 11 is 1.40. The van der Waals surface area contributed by atoms with Crippen LogP contribution in [-0.4, -0.2) is 69.5 Å². The first kappa shape index (κ1) is 16.5. The Kier molecular flexibility index (Phi) is 4.06. The minimum atomic E-state index is -1.02.